The Balaban J connectivity index is 2.93. The van der Waals surface area contributed by atoms with Gasteiger partial charge in [0.2, 0.25) is 0 Å². The van der Waals surface area contributed by atoms with Gasteiger partial charge in [-0.25, -0.2) is 8.78 Å². The van der Waals surface area contributed by atoms with Gasteiger partial charge in [0.05, 0.1) is 6.61 Å². The first-order valence-corrected chi connectivity index (χ1v) is 4.55. The fourth-order valence-corrected chi connectivity index (χ4v) is 1.16. The summed E-state index contributed by atoms with van der Waals surface area (Å²) in [5, 5.41) is 17.2. The molecule has 2 N–H and O–H groups in total. The minimum absolute atomic E-state index is 0.00378. The van der Waals surface area contributed by atoms with Crippen LogP contribution in [0.2, 0.25) is 0 Å². The second kappa shape index (κ2) is 5.58. The van der Waals surface area contributed by atoms with Gasteiger partial charge in [0.25, 0.3) is 0 Å². The van der Waals surface area contributed by atoms with Crippen molar-refractivity contribution in [1.29, 1.82) is 0 Å². The van der Waals surface area contributed by atoms with Crippen molar-refractivity contribution in [3.63, 3.8) is 0 Å². The SMILES string of the molecule is OCCC=Cc1cc(F)c(CO)c(F)c1. The molecule has 0 aliphatic rings. The van der Waals surface area contributed by atoms with Crippen molar-refractivity contribution in [3.8, 4) is 0 Å². The van der Waals surface area contributed by atoms with Crippen LogP contribution in [0.15, 0.2) is 18.2 Å². The molecule has 0 amide bonds. The number of aliphatic hydroxyl groups is 2. The van der Waals surface area contributed by atoms with Crippen LogP contribution >= 0.6 is 0 Å². The van der Waals surface area contributed by atoms with Gasteiger partial charge in [-0.1, -0.05) is 12.2 Å². The van der Waals surface area contributed by atoms with Crippen LogP contribution in [0.4, 0.5) is 8.78 Å². The summed E-state index contributed by atoms with van der Waals surface area (Å²) in [4.78, 5) is 0. The van der Waals surface area contributed by atoms with Crippen molar-refractivity contribution >= 4 is 6.08 Å². The quantitative estimate of drug-likeness (QED) is 0.803. The molecule has 1 aromatic rings. The Kier molecular flexibility index (Phi) is 4.39. The molecule has 0 aliphatic carbocycles. The van der Waals surface area contributed by atoms with E-state index >= 15 is 0 Å². The van der Waals surface area contributed by atoms with Gasteiger partial charge in [-0.2, -0.15) is 0 Å². The van der Waals surface area contributed by atoms with Crippen molar-refractivity contribution in [2.24, 2.45) is 0 Å². The second-order valence-electron chi connectivity index (χ2n) is 3.04. The number of hydrogen-bond donors (Lipinski definition) is 2. The number of halogens is 2. The molecule has 0 saturated carbocycles. The first-order valence-electron chi connectivity index (χ1n) is 4.55. The molecule has 0 atom stereocenters. The number of aliphatic hydroxyl groups excluding tert-OH is 2. The van der Waals surface area contributed by atoms with E-state index in [4.69, 9.17) is 10.2 Å². The van der Waals surface area contributed by atoms with Crippen molar-refractivity contribution < 1.29 is 19.0 Å². The van der Waals surface area contributed by atoms with Crippen LogP contribution in [0.25, 0.3) is 6.08 Å². The Morgan fingerprint density at radius 2 is 1.73 bits per heavy atom. The topological polar surface area (TPSA) is 40.5 Å². The minimum Gasteiger partial charge on any atom is -0.396 e. The summed E-state index contributed by atoms with van der Waals surface area (Å²) >= 11 is 0. The maximum atomic E-state index is 13.1. The standard InChI is InChI=1S/C11H12F2O2/c12-10-5-8(3-1-2-4-14)6-11(13)9(10)7-15/h1,3,5-6,14-15H,2,4,7H2. The summed E-state index contributed by atoms with van der Waals surface area (Å²) in [6.07, 6.45) is 3.57. The van der Waals surface area contributed by atoms with Gasteiger partial charge >= 0.3 is 0 Å². The van der Waals surface area contributed by atoms with E-state index in [9.17, 15) is 8.78 Å². The van der Waals surface area contributed by atoms with Crippen LogP contribution in [0, 0.1) is 11.6 Å². The summed E-state index contributed by atoms with van der Waals surface area (Å²) in [5.74, 6) is -1.53. The van der Waals surface area contributed by atoms with Gasteiger partial charge in [-0.05, 0) is 24.1 Å². The molecule has 4 heteroatoms. The lowest BCUT2D eigenvalue weighted by molar-refractivity contribution is 0.269. The normalized spacial score (nSPS) is 11.2. The Morgan fingerprint density at radius 3 is 2.20 bits per heavy atom. The lowest BCUT2D eigenvalue weighted by Crippen LogP contribution is -1.96. The van der Waals surface area contributed by atoms with Gasteiger partial charge in [-0.15, -0.1) is 0 Å². The molecule has 0 spiro atoms. The highest BCUT2D eigenvalue weighted by atomic mass is 19.1. The molecule has 2 nitrogen and oxygen atoms in total. The molecule has 82 valence electrons. The molecule has 0 fully saturated rings. The maximum absolute atomic E-state index is 13.1. The van der Waals surface area contributed by atoms with E-state index in [0.717, 1.165) is 12.1 Å². The average Bonchev–Trinajstić information content (AvgIpc) is 2.18. The molecule has 1 rings (SSSR count). The molecular weight excluding hydrogens is 202 g/mol. The van der Waals surface area contributed by atoms with Crippen LogP contribution in [0.1, 0.15) is 17.5 Å². The fourth-order valence-electron chi connectivity index (χ4n) is 1.16. The predicted octanol–water partition coefficient (Wildman–Crippen LogP) is 1.85. The number of hydrogen-bond acceptors (Lipinski definition) is 2. The maximum Gasteiger partial charge on any atom is 0.132 e. The van der Waals surface area contributed by atoms with Gasteiger partial charge in [0.1, 0.15) is 11.6 Å². The van der Waals surface area contributed by atoms with Gasteiger partial charge in [0, 0.05) is 12.2 Å². The molecule has 0 aliphatic heterocycles. The summed E-state index contributed by atoms with van der Waals surface area (Å²) < 4.78 is 26.3. The molecule has 0 aromatic heterocycles. The predicted molar refractivity (Wildman–Crippen MR) is 53.0 cm³/mol. The average molecular weight is 214 g/mol. The zero-order valence-corrected chi connectivity index (χ0v) is 8.08. The highest BCUT2D eigenvalue weighted by Crippen LogP contribution is 2.16. The van der Waals surface area contributed by atoms with E-state index in [-0.39, 0.29) is 12.2 Å². The van der Waals surface area contributed by atoms with Crippen LogP contribution < -0.4 is 0 Å². The first-order chi connectivity index (χ1) is 7.19. The third-order valence-corrected chi connectivity index (χ3v) is 1.93. The number of benzene rings is 1. The summed E-state index contributed by atoms with van der Waals surface area (Å²) in [7, 11) is 0. The molecule has 0 saturated heterocycles. The summed E-state index contributed by atoms with van der Waals surface area (Å²) in [6, 6.07) is 2.28. The molecule has 15 heavy (non-hydrogen) atoms. The summed E-state index contributed by atoms with van der Waals surface area (Å²) in [6.45, 7) is -0.658. The molecule has 1 aromatic carbocycles. The number of rotatable bonds is 4. The third-order valence-electron chi connectivity index (χ3n) is 1.93. The van der Waals surface area contributed by atoms with Crippen LogP contribution in [0.5, 0.6) is 0 Å². The monoisotopic (exact) mass is 214 g/mol. The highest BCUT2D eigenvalue weighted by Gasteiger charge is 2.08. The third kappa shape index (κ3) is 3.11. The van der Waals surface area contributed by atoms with Crippen LogP contribution in [-0.2, 0) is 6.61 Å². The van der Waals surface area contributed by atoms with Crippen molar-refractivity contribution in [3.05, 3.63) is 41.0 Å². The van der Waals surface area contributed by atoms with E-state index in [1.807, 2.05) is 0 Å². The zero-order chi connectivity index (χ0) is 11.3. The minimum atomic E-state index is -0.763. The fraction of sp³-hybridized carbons (Fsp3) is 0.273. The van der Waals surface area contributed by atoms with Crippen molar-refractivity contribution in [2.45, 2.75) is 13.0 Å². The smallest absolute Gasteiger partial charge is 0.132 e. The first kappa shape index (κ1) is 11.8. The van der Waals surface area contributed by atoms with Gasteiger partial charge < -0.3 is 10.2 Å². The van der Waals surface area contributed by atoms with Crippen LogP contribution in [0.3, 0.4) is 0 Å². The molecular formula is C11H12F2O2. The molecule has 0 radical (unpaired) electrons. The van der Waals surface area contributed by atoms with E-state index in [2.05, 4.69) is 0 Å². The lowest BCUT2D eigenvalue weighted by atomic mass is 10.1. The summed E-state index contributed by atoms with van der Waals surface area (Å²) in [5.41, 5.74) is 0.0463. The Labute approximate surface area is 86.5 Å². The zero-order valence-electron chi connectivity index (χ0n) is 8.08. The Hall–Kier alpha value is -1.26. The van der Waals surface area contributed by atoms with Crippen molar-refractivity contribution in [2.75, 3.05) is 6.61 Å². The van der Waals surface area contributed by atoms with Crippen molar-refractivity contribution in [1.82, 2.24) is 0 Å². The Morgan fingerprint density at radius 1 is 1.13 bits per heavy atom. The van der Waals surface area contributed by atoms with Gasteiger partial charge in [-0.3, -0.25) is 0 Å². The van der Waals surface area contributed by atoms with E-state index in [1.165, 1.54) is 6.08 Å². The molecule has 0 heterocycles. The van der Waals surface area contributed by atoms with E-state index < -0.39 is 18.2 Å². The van der Waals surface area contributed by atoms with E-state index in [0.29, 0.717) is 12.0 Å². The van der Waals surface area contributed by atoms with Gasteiger partial charge in [0.15, 0.2) is 0 Å². The molecule has 0 bridgehead atoms. The highest BCUT2D eigenvalue weighted by molar-refractivity contribution is 5.50. The molecule has 0 unspecified atom stereocenters. The van der Waals surface area contributed by atoms with Crippen LogP contribution in [-0.4, -0.2) is 16.8 Å². The lowest BCUT2D eigenvalue weighted by Gasteiger charge is -2.02. The Bertz CT molecular complexity index is 339. The van der Waals surface area contributed by atoms with E-state index in [1.54, 1.807) is 6.08 Å². The second-order valence-corrected chi connectivity index (χ2v) is 3.04. The largest absolute Gasteiger partial charge is 0.396 e.